The molecule has 94 valence electrons. The Bertz CT molecular complexity index is 429. The molecule has 1 atom stereocenters. The van der Waals surface area contributed by atoms with Crippen molar-refractivity contribution in [1.82, 2.24) is 0 Å². The molecule has 1 aliphatic carbocycles. The second-order valence-corrected chi connectivity index (χ2v) is 6.71. The summed E-state index contributed by atoms with van der Waals surface area (Å²) >= 11 is 0. The predicted octanol–water partition coefficient (Wildman–Crippen LogP) is 4.02. The molecular weight excluding hydrogens is 208 g/mol. The maximum absolute atomic E-state index is 10.5. The van der Waals surface area contributed by atoms with Gasteiger partial charge in [0.05, 0.1) is 6.10 Å². The number of hydrogen-bond donors (Lipinski definition) is 1. The molecular formula is C16H24O. The minimum absolute atomic E-state index is 0.227. The maximum Gasteiger partial charge on any atom is 0.0828 e. The van der Waals surface area contributed by atoms with Crippen molar-refractivity contribution in [2.45, 2.75) is 47.6 Å². The van der Waals surface area contributed by atoms with Gasteiger partial charge in [-0.1, -0.05) is 45.9 Å². The monoisotopic (exact) mass is 232 g/mol. The van der Waals surface area contributed by atoms with Gasteiger partial charge in [-0.3, -0.25) is 0 Å². The highest BCUT2D eigenvalue weighted by Gasteiger charge is 2.67. The Labute approximate surface area is 105 Å². The highest BCUT2D eigenvalue weighted by atomic mass is 16.3. The molecule has 1 aliphatic rings. The molecule has 0 aromatic heterocycles. The number of aryl methyl sites for hydroxylation is 2. The van der Waals surface area contributed by atoms with E-state index in [4.69, 9.17) is 0 Å². The summed E-state index contributed by atoms with van der Waals surface area (Å²) in [6.07, 6.45) is -0.334. The minimum atomic E-state index is -0.334. The molecule has 0 heterocycles. The highest BCUT2D eigenvalue weighted by molar-refractivity contribution is 5.33. The van der Waals surface area contributed by atoms with Crippen molar-refractivity contribution in [3.8, 4) is 0 Å². The lowest BCUT2D eigenvalue weighted by Gasteiger charge is -2.14. The topological polar surface area (TPSA) is 20.2 Å². The zero-order valence-electron chi connectivity index (χ0n) is 11.8. The first kappa shape index (κ1) is 12.6. The van der Waals surface area contributed by atoms with E-state index < -0.39 is 0 Å². The Morgan fingerprint density at radius 3 is 1.94 bits per heavy atom. The molecule has 0 radical (unpaired) electrons. The molecule has 1 N–H and O–H groups in total. The number of aliphatic hydroxyl groups excluding tert-OH is 1. The van der Waals surface area contributed by atoms with Gasteiger partial charge in [0.15, 0.2) is 0 Å². The molecule has 1 unspecified atom stereocenters. The summed E-state index contributed by atoms with van der Waals surface area (Å²) in [5.41, 5.74) is 4.07. The van der Waals surface area contributed by atoms with Gasteiger partial charge in [-0.2, -0.15) is 0 Å². The first-order chi connectivity index (χ1) is 7.69. The van der Waals surface area contributed by atoms with Gasteiger partial charge in [-0.15, -0.1) is 0 Å². The van der Waals surface area contributed by atoms with Gasteiger partial charge in [-0.05, 0) is 41.4 Å². The van der Waals surface area contributed by atoms with Crippen LogP contribution >= 0.6 is 0 Å². The first-order valence-corrected chi connectivity index (χ1v) is 6.45. The van der Waals surface area contributed by atoms with Crippen molar-refractivity contribution < 1.29 is 5.11 Å². The smallest absolute Gasteiger partial charge is 0.0828 e. The van der Waals surface area contributed by atoms with Gasteiger partial charge in [0.25, 0.3) is 0 Å². The van der Waals surface area contributed by atoms with E-state index in [1.807, 2.05) is 0 Å². The summed E-state index contributed by atoms with van der Waals surface area (Å²) in [4.78, 5) is 0. The largest absolute Gasteiger partial charge is 0.388 e. The molecule has 17 heavy (non-hydrogen) atoms. The average Bonchev–Trinajstić information content (AvgIpc) is 2.61. The summed E-state index contributed by atoms with van der Waals surface area (Å²) in [5, 5.41) is 10.5. The predicted molar refractivity (Wildman–Crippen MR) is 71.9 cm³/mol. The van der Waals surface area contributed by atoms with Crippen molar-refractivity contribution in [3.05, 3.63) is 34.9 Å². The van der Waals surface area contributed by atoms with Crippen LogP contribution in [0.15, 0.2) is 18.2 Å². The molecule has 0 bridgehead atoms. The van der Waals surface area contributed by atoms with Gasteiger partial charge in [0.2, 0.25) is 0 Å². The van der Waals surface area contributed by atoms with E-state index in [1.54, 1.807) is 0 Å². The molecule has 1 fully saturated rings. The molecule has 1 nitrogen and oxygen atoms in total. The minimum Gasteiger partial charge on any atom is -0.388 e. The van der Waals surface area contributed by atoms with Crippen LogP contribution in [0.1, 0.15) is 50.5 Å². The molecule has 1 aromatic carbocycles. The molecule has 2 rings (SSSR count). The molecule has 1 saturated carbocycles. The van der Waals surface area contributed by atoms with E-state index in [0.717, 1.165) is 5.56 Å². The molecule has 0 saturated heterocycles. The standard InChI is InChI=1S/C16H24O/c1-10-7-8-12(9-11(10)2)13(17)14-15(3,4)16(14,5)6/h7-9,13-14,17H,1-6H3. The van der Waals surface area contributed by atoms with E-state index in [0.29, 0.717) is 5.92 Å². The zero-order chi connectivity index (χ0) is 13.0. The third kappa shape index (κ3) is 1.72. The first-order valence-electron chi connectivity index (χ1n) is 6.45. The van der Waals surface area contributed by atoms with E-state index in [1.165, 1.54) is 11.1 Å². The quantitative estimate of drug-likeness (QED) is 0.816. The molecule has 1 heteroatoms. The molecule has 0 spiro atoms. The highest BCUT2D eigenvalue weighted by Crippen LogP contribution is 2.72. The van der Waals surface area contributed by atoms with Crippen molar-refractivity contribution in [1.29, 1.82) is 0 Å². The van der Waals surface area contributed by atoms with Gasteiger partial charge in [0.1, 0.15) is 0 Å². The van der Waals surface area contributed by atoms with Crippen LogP contribution in [0.25, 0.3) is 0 Å². The Kier molecular flexibility index (Phi) is 2.66. The van der Waals surface area contributed by atoms with E-state index in [2.05, 4.69) is 59.7 Å². The van der Waals surface area contributed by atoms with Crippen molar-refractivity contribution >= 4 is 0 Å². The summed E-state index contributed by atoms with van der Waals surface area (Å²) < 4.78 is 0. The average molecular weight is 232 g/mol. The fraction of sp³-hybridized carbons (Fsp3) is 0.625. The summed E-state index contributed by atoms with van der Waals surface area (Å²) in [6, 6.07) is 6.30. The van der Waals surface area contributed by atoms with Crippen LogP contribution in [-0.2, 0) is 0 Å². The van der Waals surface area contributed by atoms with E-state index >= 15 is 0 Å². The third-order valence-corrected chi connectivity index (χ3v) is 5.32. The number of aliphatic hydroxyl groups is 1. The lowest BCUT2D eigenvalue weighted by Crippen LogP contribution is -2.06. The van der Waals surface area contributed by atoms with Gasteiger partial charge in [-0.25, -0.2) is 0 Å². The lowest BCUT2D eigenvalue weighted by molar-refractivity contribution is 0.130. The van der Waals surface area contributed by atoms with Crippen molar-refractivity contribution in [3.63, 3.8) is 0 Å². The summed E-state index contributed by atoms with van der Waals surface area (Å²) in [7, 11) is 0. The number of rotatable bonds is 2. The van der Waals surface area contributed by atoms with Gasteiger partial charge >= 0.3 is 0 Å². The fourth-order valence-electron chi connectivity index (χ4n) is 3.18. The van der Waals surface area contributed by atoms with Crippen molar-refractivity contribution in [2.75, 3.05) is 0 Å². The number of hydrogen-bond acceptors (Lipinski definition) is 1. The van der Waals surface area contributed by atoms with Crippen LogP contribution < -0.4 is 0 Å². The third-order valence-electron chi connectivity index (χ3n) is 5.32. The SMILES string of the molecule is Cc1ccc(C(O)C2C(C)(C)C2(C)C)cc1C. The molecule has 0 amide bonds. The van der Waals surface area contributed by atoms with Gasteiger partial charge in [0, 0.05) is 5.92 Å². The summed E-state index contributed by atoms with van der Waals surface area (Å²) in [6.45, 7) is 13.2. The number of benzene rings is 1. The normalized spacial score (nSPS) is 23.5. The van der Waals surface area contributed by atoms with E-state index in [9.17, 15) is 5.11 Å². The van der Waals surface area contributed by atoms with Crippen LogP contribution in [0.4, 0.5) is 0 Å². The summed E-state index contributed by atoms with van der Waals surface area (Å²) in [5.74, 6) is 0.358. The molecule has 1 aromatic rings. The lowest BCUT2D eigenvalue weighted by atomic mass is 9.96. The Hall–Kier alpha value is -0.820. The van der Waals surface area contributed by atoms with Crippen LogP contribution in [0.2, 0.25) is 0 Å². The maximum atomic E-state index is 10.5. The fourth-order valence-corrected chi connectivity index (χ4v) is 3.18. The zero-order valence-corrected chi connectivity index (χ0v) is 11.8. The van der Waals surface area contributed by atoms with Crippen LogP contribution in [0, 0.1) is 30.6 Å². The Balaban J connectivity index is 2.28. The van der Waals surface area contributed by atoms with Crippen LogP contribution in [0.5, 0.6) is 0 Å². The Morgan fingerprint density at radius 1 is 1.00 bits per heavy atom. The Morgan fingerprint density at radius 2 is 1.53 bits per heavy atom. The molecule has 0 aliphatic heterocycles. The van der Waals surface area contributed by atoms with Gasteiger partial charge < -0.3 is 5.11 Å². The second kappa shape index (κ2) is 3.58. The van der Waals surface area contributed by atoms with Crippen molar-refractivity contribution in [2.24, 2.45) is 16.7 Å². The van der Waals surface area contributed by atoms with E-state index in [-0.39, 0.29) is 16.9 Å². The van der Waals surface area contributed by atoms with Crippen LogP contribution in [0.3, 0.4) is 0 Å². The van der Waals surface area contributed by atoms with Crippen LogP contribution in [-0.4, -0.2) is 5.11 Å². The second-order valence-electron chi connectivity index (χ2n) is 6.71.